The molecule has 0 N–H and O–H groups in total. The molecule has 0 unspecified atom stereocenters. The molecule has 0 aliphatic carbocycles. The van der Waals surface area contributed by atoms with Crippen molar-refractivity contribution in [3.05, 3.63) is 108 Å². The van der Waals surface area contributed by atoms with Crippen molar-refractivity contribution >= 4 is 16.2 Å². The lowest BCUT2D eigenvalue weighted by molar-refractivity contribution is -0.0882. The van der Waals surface area contributed by atoms with E-state index in [-0.39, 0.29) is 26.4 Å². The quantitative estimate of drug-likeness (QED) is 0.239. The number of nitrogens with zero attached hydrogens (tertiary/aromatic N) is 1. The summed E-state index contributed by atoms with van der Waals surface area (Å²) < 4.78 is 54.5. The summed E-state index contributed by atoms with van der Waals surface area (Å²) in [5, 5.41) is 0. The van der Waals surface area contributed by atoms with Crippen molar-refractivity contribution in [3.8, 4) is 0 Å². The van der Waals surface area contributed by atoms with E-state index in [0.29, 0.717) is 6.61 Å². The summed E-state index contributed by atoms with van der Waals surface area (Å²) in [5.74, 6) is 0. The largest absolute Gasteiger partial charge is 0.444 e. The molecule has 1 aliphatic heterocycles. The molecule has 3 aromatic carbocycles. The highest BCUT2D eigenvalue weighted by Gasteiger charge is 2.54. The minimum absolute atomic E-state index is 0.0914. The third-order valence-electron chi connectivity index (χ3n) is 6.82. The van der Waals surface area contributed by atoms with E-state index < -0.39 is 46.1 Å². The van der Waals surface area contributed by atoms with E-state index in [1.165, 1.54) is 4.90 Å². The molecule has 9 nitrogen and oxygen atoms in total. The highest BCUT2D eigenvalue weighted by Crippen LogP contribution is 2.34. The van der Waals surface area contributed by atoms with Crippen LogP contribution in [0.15, 0.2) is 91.0 Å². The van der Waals surface area contributed by atoms with Crippen LogP contribution in [0.3, 0.4) is 0 Å². The standard InChI is InChI=1S/C33H41NO8S/c1-33(2,3)42-32(35)34-28(23-38-20-25-14-8-5-9-15-25)30(39-21-26-16-10-6-11-17-26)31(29(34)24-41-43(4,36)37)40-22-27-18-12-7-13-19-27/h5-19,28-31H,20-24H2,1-4H3/t28-,29-,30-,31-/m1/s1. The second-order valence-electron chi connectivity index (χ2n) is 11.5. The van der Waals surface area contributed by atoms with E-state index in [1.807, 2.05) is 91.0 Å². The van der Waals surface area contributed by atoms with Crippen LogP contribution in [0.1, 0.15) is 37.5 Å². The van der Waals surface area contributed by atoms with Crippen molar-refractivity contribution in [1.82, 2.24) is 4.90 Å². The minimum Gasteiger partial charge on any atom is -0.444 e. The summed E-state index contributed by atoms with van der Waals surface area (Å²) in [7, 11) is -3.84. The van der Waals surface area contributed by atoms with Gasteiger partial charge in [-0.1, -0.05) is 91.0 Å². The van der Waals surface area contributed by atoms with Crippen molar-refractivity contribution in [2.75, 3.05) is 19.5 Å². The summed E-state index contributed by atoms with van der Waals surface area (Å²) in [6, 6.07) is 27.5. The van der Waals surface area contributed by atoms with Gasteiger partial charge in [0.05, 0.1) is 51.4 Å². The first-order valence-electron chi connectivity index (χ1n) is 14.3. The second-order valence-corrected chi connectivity index (χ2v) is 13.2. The average Bonchev–Trinajstić information content (AvgIpc) is 3.26. The van der Waals surface area contributed by atoms with Gasteiger partial charge in [-0.25, -0.2) is 4.79 Å². The minimum atomic E-state index is -3.84. The normalized spacial score (nSPS) is 20.7. The number of likely N-dealkylation sites (tertiary alicyclic amines) is 1. The molecular formula is C33H41NO8S. The van der Waals surface area contributed by atoms with Gasteiger partial charge < -0.3 is 18.9 Å². The smallest absolute Gasteiger partial charge is 0.411 e. The molecule has 1 saturated heterocycles. The average molecular weight is 612 g/mol. The number of hydrogen-bond donors (Lipinski definition) is 0. The Morgan fingerprint density at radius 2 is 1.12 bits per heavy atom. The van der Waals surface area contributed by atoms with E-state index in [2.05, 4.69) is 0 Å². The molecule has 0 spiro atoms. The first-order chi connectivity index (χ1) is 20.5. The van der Waals surface area contributed by atoms with Crippen molar-refractivity contribution in [2.24, 2.45) is 0 Å². The molecule has 0 aromatic heterocycles. The fourth-order valence-electron chi connectivity index (χ4n) is 4.95. The Kier molecular flexibility index (Phi) is 11.3. The maximum Gasteiger partial charge on any atom is 0.411 e. The van der Waals surface area contributed by atoms with Crippen molar-refractivity contribution in [2.45, 2.75) is 70.5 Å². The van der Waals surface area contributed by atoms with Crippen LogP contribution < -0.4 is 0 Å². The lowest BCUT2D eigenvalue weighted by atomic mass is 10.1. The molecule has 4 atom stereocenters. The van der Waals surface area contributed by atoms with Crippen LogP contribution in [0.25, 0.3) is 0 Å². The SMILES string of the molecule is CC(C)(C)OC(=O)N1[C@H](COCc2ccccc2)[C@@H](OCc2ccccc2)[C@H](OCc2ccccc2)[C@H]1COS(C)(=O)=O. The molecule has 1 amide bonds. The Hall–Kier alpha value is -3.28. The van der Waals surface area contributed by atoms with Gasteiger partial charge in [-0.15, -0.1) is 0 Å². The van der Waals surface area contributed by atoms with Gasteiger partial charge in [0.25, 0.3) is 10.1 Å². The molecule has 232 valence electrons. The van der Waals surface area contributed by atoms with E-state index in [9.17, 15) is 13.2 Å². The second kappa shape index (κ2) is 14.9. The van der Waals surface area contributed by atoms with Gasteiger partial charge in [-0.3, -0.25) is 9.08 Å². The number of amides is 1. The van der Waals surface area contributed by atoms with Gasteiger partial charge in [0.2, 0.25) is 0 Å². The maximum atomic E-state index is 13.8. The molecule has 1 aliphatic rings. The van der Waals surface area contributed by atoms with Gasteiger partial charge in [-0.05, 0) is 37.5 Å². The van der Waals surface area contributed by atoms with Crippen molar-refractivity contribution < 1.29 is 36.3 Å². The molecular weight excluding hydrogens is 570 g/mol. The zero-order valence-corrected chi connectivity index (χ0v) is 25.9. The van der Waals surface area contributed by atoms with Gasteiger partial charge in [-0.2, -0.15) is 8.42 Å². The van der Waals surface area contributed by atoms with Gasteiger partial charge in [0, 0.05) is 0 Å². The topological polar surface area (TPSA) is 101 Å². The van der Waals surface area contributed by atoms with Gasteiger partial charge in [0.1, 0.15) is 17.8 Å². The summed E-state index contributed by atoms with van der Waals surface area (Å²) in [6.45, 7) is 5.85. The Morgan fingerprint density at radius 3 is 1.53 bits per heavy atom. The first-order valence-corrected chi connectivity index (χ1v) is 16.1. The summed E-state index contributed by atoms with van der Waals surface area (Å²) in [6.07, 6.45) is -1.12. The monoisotopic (exact) mass is 611 g/mol. The molecule has 3 aromatic rings. The fraction of sp³-hybridized carbons (Fsp3) is 0.424. The number of rotatable bonds is 13. The third kappa shape index (κ3) is 10.1. The van der Waals surface area contributed by atoms with Crippen LogP contribution in [0.5, 0.6) is 0 Å². The number of benzene rings is 3. The predicted molar refractivity (Wildman–Crippen MR) is 163 cm³/mol. The number of carbonyl (C=O) groups excluding carboxylic acids is 1. The molecule has 4 rings (SSSR count). The van der Waals surface area contributed by atoms with E-state index >= 15 is 0 Å². The summed E-state index contributed by atoms with van der Waals surface area (Å²) in [4.78, 5) is 15.3. The van der Waals surface area contributed by atoms with Crippen LogP contribution in [0.4, 0.5) is 4.79 Å². The molecule has 43 heavy (non-hydrogen) atoms. The highest BCUT2D eigenvalue weighted by molar-refractivity contribution is 7.85. The summed E-state index contributed by atoms with van der Waals surface area (Å²) >= 11 is 0. The molecule has 10 heteroatoms. The highest BCUT2D eigenvalue weighted by atomic mass is 32.2. The lowest BCUT2D eigenvalue weighted by Gasteiger charge is -2.33. The number of carbonyl (C=O) groups is 1. The maximum absolute atomic E-state index is 13.8. The predicted octanol–water partition coefficient (Wildman–Crippen LogP) is 5.34. The Balaban J connectivity index is 1.69. The lowest BCUT2D eigenvalue weighted by Crippen LogP contribution is -2.50. The van der Waals surface area contributed by atoms with Crippen LogP contribution in [-0.2, 0) is 53.1 Å². The molecule has 0 bridgehead atoms. The van der Waals surface area contributed by atoms with Crippen LogP contribution in [-0.4, -0.2) is 68.8 Å². The Bertz CT molecular complexity index is 1380. The Labute approximate surface area is 254 Å². The molecule has 0 radical (unpaired) electrons. The van der Waals surface area contributed by atoms with Gasteiger partial charge >= 0.3 is 6.09 Å². The molecule has 0 saturated carbocycles. The van der Waals surface area contributed by atoms with E-state index in [1.54, 1.807) is 20.8 Å². The zero-order chi connectivity index (χ0) is 30.9. The number of hydrogen-bond acceptors (Lipinski definition) is 8. The van der Waals surface area contributed by atoms with Gasteiger partial charge in [0.15, 0.2) is 0 Å². The van der Waals surface area contributed by atoms with Crippen LogP contribution in [0.2, 0.25) is 0 Å². The zero-order valence-electron chi connectivity index (χ0n) is 25.1. The van der Waals surface area contributed by atoms with Crippen LogP contribution in [0, 0.1) is 0 Å². The first kappa shape index (κ1) is 32.6. The van der Waals surface area contributed by atoms with Crippen LogP contribution >= 0.6 is 0 Å². The fourth-order valence-corrected chi connectivity index (χ4v) is 5.33. The third-order valence-corrected chi connectivity index (χ3v) is 7.39. The van der Waals surface area contributed by atoms with E-state index in [0.717, 1.165) is 22.9 Å². The molecule has 1 fully saturated rings. The Morgan fingerprint density at radius 1 is 0.698 bits per heavy atom. The molecule has 1 heterocycles. The van der Waals surface area contributed by atoms with Crippen molar-refractivity contribution in [3.63, 3.8) is 0 Å². The van der Waals surface area contributed by atoms with Crippen molar-refractivity contribution in [1.29, 1.82) is 0 Å². The summed E-state index contributed by atoms with van der Waals surface area (Å²) in [5.41, 5.74) is 2.02. The number of ether oxygens (including phenoxy) is 4. The van der Waals surface area contributed by atoms with E-state index in [4.69, 9.17) is 23.1 Å².